The Hall–Kier alpha value is -1.95. The molecule has 6 nitrogen and oxygen atoms in total. The van der Waals surface area contributed by atoms with Crippen LogP contribution in [0.25, 0.3) is 5.65 Å². The largest absolute Gasteiger partial charge is 0.338 e. The van der Waals surface area contributed by atoms with Gasteiger partial charge < -0.3 is 9.80 Å². The molecule has 4 rings (SSSR count). The zero-order valence-corrected chi connectivity index (χ0v) is 13.3. The van der Waals surface area contributed by atoms with Crippen molar-refractivity contribution in [1.29, 1.82) is 0 Å². The van der Waals surface area contributed by atoms with Gasteiger partial charge in [0.2, 0.25) is 0 Å². The van der Waals surface area contributed by atoms with Crippen molar-refractivity contribution in [3.8, 4) is 0 Å². The van der Waals surface area contributed by atoms with Crippen LogP contribution < -0.4 is 0 Å². The number of nitrogens with zero attached hydrogens (tertiary/aromatic N) is 5. The monoisotopic (exact) mass is 299 g/mol. The summed E-state index contributed by atoms with van der Waals surface area (Å²) in [4.78, 5) is 21.7. The summed E-state index contributed by atoms with van der Waals surface area (Å²) >= 11 is 0. The fourth-order valence-corrected chi connectivity index (χ4v) is 4.06. The maximum absolute atomic E-state index is 12.9. The van der Waals surface area contributed by atoms with E-state index in [1.165, 1.54) is 0 Å². The van der Waals surface area contributed by atoms with E-state index in [4.69, 9.17) is 0 Å². The highest BCUT2D eigenvalue weighted by Gasteiger charge is 2.47. The minimum Gasteiger partial charge on any atom is -0.338 e. The van der Waals surface area contributed by atoms with Gasteiger partial charge in [-0.25, -0.2) is 9.50 Å². The van der Waals surface area contributed by atoms with E-state index >= 15 is 0 Å². The van der Waals surface area contributed by atoms with Crippen molar-refractivity contribution >= 4 is 11.6 Å². The first-order chi connectivity index (χ1) is 10.5. The smallest absolute Gasteiger partial charge is 0.259 e. The van der Waals surface area contributed by atoms with Gasteiger partial charge in [-0.05, 0) is 33.4 Å². The van der Waals surface area contributed by atoms with Gasteiger partial charge in [0, 0.05) is 43.0 Å². The zero-order valence-electron chi connectivity index (χ0n) is 13.3. The number of carbonyl (C=O) groups is 1. The lowest BCUT2D eigenvalue weighted by Crippen LogP contribution is -2.55. The van der Waals surface area contributed by atoms with Crippen molar-refractivity contribution in [1.82, 2.24) is 24.4 Å². The Morgan fingerprint density at radius 3 is 2.77 bits per heavy atom. The predicted octanol–water partition coefficient (Wildman–Crippen LogP) is 1.12. The number of rotatable bonds is 1. The van der Waals surface area contributed by atoms with Crippen LogP contribution in [0.15, 0.2) is 12.3 Å². The second kappa shape index (κ2) is 4.52. The Morgan fingerprint density at radius 1 is 1.27 bits per heavy atom. The molecule has 2 aliphatic heterocycles. The third-order valence-corrected chi connectivity index (χ3v) is 4.94. The molecule has 4 heterocycles. The minimum absolute atomic E-state index is 0.0685. The second-order valence-electron chi connectivity index (χ2n) is 6.98. The summed E-state index contributed by atoms with van der Waals surface area (Å²) in [5.41, 5.74) is 3.54. The first-order valence-corrected chi connectivity index (χ1v) is 7.77. The first-order valence-electron chi connectivity index (χ1n) is 7.77. The molecule has 0 bridgehead atoms. The van der Waals surface area contributed by atoms with Gasteiger partial charge in [-0.2, -0.15) is 5.10 Å². The van der Waals surface area contributed by atoms with E-state index in [2.05, 4.69) is 22.0 Å². The fourth-order valence-electron chi connectivity index (χ4n) is 4.06. The lowest BCUT2D eigenvalue weighted by Gasteiger charge is -2.46. The third kappa shape index (κ3) is 1.94. The maximum atomic E-state index is 12.9. The van der Waals surface area contributed by atoms with E-state index in [0.29, 0.717) is 16.6 Å². The molecule has 0 saturated carbocycles. The molecule has 0 atom stereocenters. The van der Waals surface area contributed by atoms with Crippen LogP contribution in [0.1, 0.15) is 28.2 Å². The number of aromatic nitrogens is 3. The molecule has 2 saturated heterocycles. The minimum atomic E-state index is 0.0685. The average Bonchev–Trinajstić information content (AvgIpc) is 3.02. The number of fused-ring (bicyclic) bond motifs is 1. The summed E-state index contributed by atoms with van der Waals surface area (Å²) in [6.07, 6.45) is 2.77. The molecular weight excluding hydrogens is 278 g/mol. The molecule has 22 heavy (non-hydrogen) atoms. The van der Waals surface area contributed by atoms with Gasteiger partial charge in [0.05, 0.1) is 6.20 Å². The average molecular weight is 299 g/mol. The molecule has 2 aliphatic rings. The van der Waals surface area contributed by atoms with Crippen molar-refractivity contribution in [3.63, 3.8) is 0 Å². The first kappa shape index (κ1) is 13.7. The highest BCUT2D eigenvalue weighted by atomic mass is 16.2. The molecule has 1 amide bonds. The van der Waals surface area contributed by atoms with Crippen molar-refractivity contribution in [3.05, 3.63) is 29.2 Å². The normalized spacial score (nSPS) is 20.8. The van der Waals surface area contributed by atoms with Gasteiger partial charge in [-0.15, -0.1) is 0 Å². The Kier molecular flexibility index (Phi) is 2.81. The van der Waals surface area contributed by atoms with Gasteiger partial charge >= 0.3 is 0 Å². The summed E-state index contributed by atoms with van der Waals surface area (Å²) in [5, 5.41) is 4.33. The lowest BCUT2D eigenvalue weighted by atomic mass is 9.79. The van der Waals surface area contributed by atoms with E-state index in [9.17, 15) is 4.79 Å². The number of hydrogen-bond acceptors (Lipinski definition) is 4. The Labute approximate surface area is 129 Å². The van der Waals surface area contributed by atoms with Crippen LogP contribution in [0.4, 0.5) is 0 Å². The van der Waals surface area contributed by atoms with E-state index < -0.39 is 0 Å². The highest BCUT2D eigenvalue weighted by Crippen LogP contribution is 2.39. The summed E-state index contributed by atoms with van der Waals surface area (Å²) in [5.74, 6) is 0.0685. The summed E-state index contributed by atoms with van der Waals surface area (Å²) < 4.78 is 1.75. The molecule has 6 heteroatoms. The van der Waals surface area contributed by atoms with Crippen molar-refractivity contribution in [2.45, 2.75) is 20.3 Å². The quantitative estimate of drug-likeness (QED) is 0.792. The molecule has 0 aromatic carbocycles. The van der Waals surface area contributed by atoms with E-state index in [-0.39, 0.29) is 5.91 Å². The van der Waals surface area contributed by atoms with Crippen LogP contribution in [0.5, 0.6) is 0 Å². The van der Waals surface area contributed by atoms with Crippen LogP contribution in [0, 0.1) is 19.3 Å². The summed E-state index contributed by atoms with van der Waals surface area (Å²) in [7, 11) is 2.14. The number of amides is 1. The molecular formula is C16H21N5O. The topological polar surface area (TPSA) is 53.7 Å². The standard InChI is InChI=1S/C16H21N5O/c1-11-6-12(2)21-14(18-11)13(7-17-21)15(22)20-5-4-16(10-20)8-19(3)9-16/h6-7H,4-5,8-10H2,1-3H3. The molecule has 2 fully saturated rings. The van der Waals surface area contributed by atoms with Crippen LogP contribution >= 0.6 is 0 Å². The van der Waals surface area contributed by atoms with Gasteiger partial charge in [0.25, 0.3) is 5.91 Å². The Morgan fingerprint density at radius 2 is 2.05 bits per heavy atom. The Bertz CT molecular complexity index is 759. The molecule has 116 valence electrons. The highest BCUT2D eigenvalue weighted by molar-refractivity contribution is 5.99. The second-order valence-corrected chi connectivity index (χ2v) is 6.98. The number of likely N-dealkylation sites (tertiary alicyclic amines) is 2. The van der Waals surface area contributed by atoms with E-state index in [1.807, 2.05) is 24.8 Å². The van der Waals surface area contributed by atoms with Gasteiger partial charge in [-0.1, -0.05) is 0 Å². The van der Waals surface area contributed by atoms with Crippen LogP contribution in [0.3, 0.4) is 0 Å². The maximum Gasteiger partial charge on any atom is 0.259 e. The molecule has 1 spiro atoms. The van der Waals surface area contributed by atoms with Crippen LogP contribution in [0.2, 0.25) is 0 Å². The molecule has 0 N–H and O–H groups in total. The third-order valence-electron chi connectivity index (χ3n) is 4.94. The van der Waals surface area contributed by atoms with Crippen molar-refractivity contribution in [2.24, 2.45) is 5.41 Å². The SMILES string of the molecule is Cc1cc(C)n2ncc(C(=O)N3CCC4(CN(C)C4)C3)c2n1. The van der Waals surface area contributed by atoms with Gasteiger partial charge in [0.15, 0.2) is 5.65 Å². The molecule has 2 aromatic heterocycles. The Balaban J connectivity index is 1.64. The van der Waals surface area contributed by atoms with E-state index in [1.54, 1.807) is 10.7 Å². The molecule has 0 unspecified atom stereocenters. The number of aryl methyl sites for hydroxylation is 2. The zero-order chi connectivity index (χ0) is 15.5. The van der Waals surface area contributed by atoms with Crippen LogP contribution in [-0.2, 0) is 0 Å². The molecule has 0 aliphatic carbocycles. The van der Waals surface area contributed by atoms with Crippen molar-refractivity contribution in [2.75, 3.05) is 33.2 Å². The fraction of sp³-hybridized carbons (Fsp3) is 0.562. The number of carbonyl (C=O) groups excluding carboxylic acids is 1. The van der Waals surface area contributed by atoms with Gasteiger partial charge in [0.1, 0.15) is 5.56 Å². The molecule has 0 radical (unpaired) electrons. The summed E-state index contributed by atoms with van der Waals surface area (Å²) in [6, 6.07) is 1.98. The molecule has 2 aromatic rings. The summed E-state index contributed by atoms with van der Waals surface area (Å²) in [6.45, 7) is 7.83. The lowest BCUT2D eigenvalue weighted by molar-refractivity contribution is 0.0294. The van der Waals surface area contributed by atoms with Crippen molar-refractivity contribution < 1.29 is 4.79 Å². The van der Waals surface area contributed by atoms with Gasteiger partial charge in [-0.3, -0.25) is 4.79 Å². The van der Waals surface area contributed by atoms with Crippen LogP contribution in [-0.4, -0.2) is 63.5 Å². The van der Waals surface area contributed by atoms with E-state index in [0.717, 1.165) is 44.0 Å². The number of hydrogen-bond donors (Lipinski definition) is 0. The predicted molar refractivity (Wildman–Crippen MR) is 82.9 cm³/mol.